The molecule has 1 aliphatic rings. The van der Waals surface area contributed by atoms with Gasteiger partial charge < -0.3 is 19.7 Å². The molecule has 0 aromatic heterocycles. The van der Waals surface area contributed by atoms with Gasteiger partial charge in [-0.25, -0.2) is 8.42 Å². The molecule has 1 saturated carbocycles. The molecule has 0 unspecified atom stereocenters. The normalized spacial score (nSPS) is 14.4. The number of nitrogens with zero attached hydrogens (tertiary/aromatic N) is 2. The van der Waals surface area contributed by atoms with E-state index in [-0.39, 0.29) is 34.8 Å². The van der Waals surface area contributed by atoms with Gasteiger partial charge in [0.2, 0.25) is 11.8 Å². The van der Waals surface area contributed by atoms with Crippen LogP contribution in [0.4, 0.5) is 5.69 Å². The van der Waals surface area contributed by atoms with Crippen LogP contribution in [-0.2, 0) is 26.2 Å². The van der Waals surface area contributed by atoms with E-state index < -0.39 is 28.5 Å². The second kappa shape index (κ2) is 14.4. The lowest BCUT2D eigenvalue weighted by atomic mass is 9.95. The predicted molar refractivity (Wildman–Crippen MR) is 167 cm³/mol. The third-order valence-electron chi connectivity index (χ3n) is 7.99. The molecule has 1 aliphatic carbocycles. The minimum absolute atomic E-state index is 0.0150. The summed E-state index contributed by atoms with van der Waals surface area (Å²) in [5.41, 5.74) is 1.97. The molecule has 4 rings (SSSR count). The Morgan fingerprint density at radius 2 is 1.60 bits per heavy atom. The number of rotatable bonds is 12. The van der Waals surface area contributed by atoms with E-state index in [2.05, 4.69) is 5.32 Å². The van der Waals surface area contributed by atoms with Crippen molar-refractivity contribution in [3.8, 4) is 11.5 Å². The molecule has 0 bridgehead atoms. The van der Waals surface area contributed by atoms with Gasteiger partial charge in [0.25, 0.3) is 10.0 Å². The summed E-state index contributed by atoms with van der Waals surface area (Å²) >= 11 is 0. The van der Waals surface area contributed by atoms with E-state index in [9.17, 15) is 18.0 Å². The highest BCUT2D eigenvalue weighted by molar-refractivity contribution is 7.92. The minimum atomic E-state index is -4.24. The average Bonchev–Trinajstić information content (AvgIpc) is 3.03. The number of anilines is 1. The highest BCUT2D eigenvalue weighted by Crippen LogP contribution is 2.36. The van der Waals surface area contributed by atoms with Crippen molar-refractivity contribution in [1.29, 1.82) is 0 Å². The monoisotopic (exact) mass is 607 g/mol. The van der Waals surface area contributed by atoms with Crippen molar-refractivity contribution in [2.75, 3.05) is 25.1 Å². The SMILES string of the molecule is COc1ccc(OC)c(N(CC(=O)N(Cc2ccccc2C)[C@@H](C)C(=O)NC2CCCCC2)S(=O)(=O)c2ccccc2)c1. The molecule has 3 aromatic carbocycles. The maximum absolute atomic E-state index is 14.3. The molecule has 1 atom stereocenters. The van der Waals surface area contributed by atoms with E-state index in [1.54, 1.807) is 37.3 Å². The van der Waals surface area contributed by atoms with Crippen LogP contribution in [0.2, 0.25) is 0 Å². The number of carbonyl (C=O) groups is 2. The van der Waals surface area contributed by atoms with Crippen LogP contribution in [0.5, 0.6) is 11.5 Å². The summed E-state index contributed by atoms with van der Waals surface area (Å²) in [6.07, 6.45) is 5.07. The van der Waals surface area contributed by atoms with E-state index in [0.29, 0.717) is 5.75 Å². The Morgan fingerprint density at radius 1 is 0.930 bits per heavy atom. The van der Waals surface area contributed by atoms with Gasteiger partial charge in [0.15, 0.2) is 0 Å². The first-order chi connectivity index (χ1) is 20.6. The van der Waals surface area contributed by atoms with Crippen molar-refractivity contribution < 1.29 is 27.5 Å². The van der Waals surface area contributed by atoms with Gasteiger partial charge in [0, 0.05) is 18.7 Å². The molecule has 9 nitrogen and oxygen atoms in total. The highest BCUT2D eigenvalue weighted by Gasteiger charge is 2.34. The number of aryl methyl sites for hydroxylation is 1. The quantitative estimate of drug-likeness (QED) is 0.308. The highest BCUT2D eigenvalue weighted by atomic mass is 32.2. The number of amides is 2. The van der Waals surface area contributed by atoms with E-state index in [0.717, 1.165) is 47.5 Å². The van der Waals surface area contributed by atoms with Crippen LogP contribution in [0.1, 0.15) is 50.2 Å². The molecule has 43 heavy (non-hydrogen) atoms. The molecule has 0 radical (unpaired) electrons. The largest absolute Gasteiger partial charge is 0.497 e. The Labute approximate surface area is 254 Å². The molecule has 0 spiro atoms. The average molecular weight is 608 g/mol. The summed E-state index contributed by atoms with van der Waals surface area (Å²) in [6.45, 7) is 3.21. The lowest BCUT2D eigenvalue weighted by molar-refractivity contribution is -0.139. The summed E-state index contributed by atoms with van der Waals surface area (Å²) in [5, 5.41) is 3.13. The lowest BCUT2D eigenvalue weighted by Crippen LogP contribution is -2.53. The van der Waals surface area contributed by atoms with E-state index >= 15 is 0 Å². The maximum atomic E-state index is 14.3. The van der Waals surface area contributed by atoms with Crippen molar-refractivity contribution >= 4 is 27.5 Å². The minimum Gasteiger partial charge on any atom is -0.497 e. The Morgan fingerprint density at radius 3 is 2.26 bits per heavy atom. The zero-order chi connectivity index (χ0) is 31.0. The fourth-order valence-corrected chi connectivity index (χ4v) is 6.78. The topological polar surface area (TPSA) is 105 Å². The summed E-state index contributed by atoms with van der Waals surface area (Å²) in [5.74, 6) is -0.139. The Balaban J connectivity index is 1.74. The number of carbonyl (C=O) groups excluding carboxylic acids is 2. The van der Waals surface area contributed by atoms with Gasteiger partial charge in [-0.05, 0) is 62.1 Å². The predicted octanol–water partition coefficient (Wildman–Crippen LogP) is 5.07. The van der Waals surface area contributed by atoms with Crippen molar-refractivity contribution in [2.24, 2.45) is 0 Å². The zero-order valence-electron chi connectivity index (χ0n) is 25.3. The zero-order valence-corrected chi connectivity index (χ0v) is 26.1. The van der Waals surface area contributed by atoms with Crippen LogP contribution in [-0.4, -0.2) is 58.0 Å². The number of nitrogens with one attached hydrogen (secondary N) is 1. The van der Waals surface area contributed by atoms with Gasteiger partial charge in [0.1, 0.15) is 24.1 Å². The van der Waals surface area contributed by atoms with Crippen LogP contribution in [0.3, 0.4) is 0 Å². The van der Waals surface area contributed by atoms with Crippen molar-refractivity contribution in [1.82, 2.24) is 10.2 Å². The molecule has 1 fully saturated rings. The molecular weight excluding hydrogens is 566 g/mol. The third-order valence-corrected chi connectivity index (χ3v) is 9.76. The smallest absolute Gasteiger partial charge is 0.264 e. The first-order valence-electron chi connectivity index (χ1n) is 14.6. The summed E-state index contributed by atoms with van der Waals surface area (Å²) in [4.78, 5) is 29.3. The molecule has 10 heteroatoms. The van der Waals surface area contributed by atoms with Gasteiger partial charge in [-0.2, -0.15) is 0 Å². The number of methoxy groups -OCH3 is 2. The fraction of sp³-hybridized carbons (Fsp3) is 0.394. The van der Waals surface area contributed by atoms with Gasteiger partial charge in [0.05, 0.1) is 24.8 Å². The molecule has 3 aromatic rings. The first kappa shape index (κ1) is 31.9. The molecule has 230 valence electrons. The molecule has 1 N–H and O–H groups in total. The first-order valence-corrected chi connectivity index (χ1v) is 16.0. The Bertz CT molecular complexity index is 1510. The third kappa shape index (κ3) is 7.67. The van der Waals surface area contributed by atoms with Crippen LogP contribution in [0.25, 0.3) is 0 Å². The molecular formula is C33H41N3O6S. The Kier molecular flexibility index (Phi) is 10.7. The van der Waals surface area contributed by atoms with Gasteiger partial charge in [-0.15, -0.1) is 0 Å². The maximum Gasteiger partial charge on any atom is 0.264 e. The standard InChI is InChI=1S/C33H41N3O6S/c1-24-13-11-12-14-26(24)22-35(25(2)33(38)34-27-15-7-5-8-16-27)32(37)23-36(43(39,40)29-17-9-6-10-18-29)30-21-28(41-3)19-20-31(30)42-4/h6,9-14,17-21,25,27H,5,7-8,15-16,22-23H2,1-4H3,(H,34,38)/t25-/m0/s1. The fourth-order valence-electron chi connectivity index (χ4n) is 5.35. The number of hydrogen-bond donors (Lipinski definition) is 1. The van der Waals surface area contributed by atoms with E-state index in [1.165, 1.54) is 37.3 Å². The van der Waals surface area contributed by atoms with Gasteiger partial charge in [-0.1, -0.05) is 61.7 Å². The molecule has 0 heterocycles. The van der Waals surface area contributed by atoms with Crippen molar-refractivity contribution in [3.63, 3.8) is 0 Å². The number of ether oxygens (including phenoxy) is 2. The van der Waals surface area contributed by atoms with E-state index in [4.69, 9.17) is 9.47 Å². The van der Waals surface area contributed by atoms with Gasteiger partial charge >= 0.3 is 0 Å². The molecule has 0 saturated heterocycles. The lowest BCUT2D eigenvalue weighted by Gasteiger charge is -2.33. The number of hydrogen-bond acceptors (Lipinski definition) is 6. The van der Waals surface area contributed by atoms with Crippen molar-refractivity contribution in [3.05, 3.63) is 83.9 Å². The van der Waals surface area contributed by atoms with Crippen LogP contribution in [0, 0.1) is 6.92 Å². The second-order valence-electron chi connectivity index (χ2n) is 10.8. The van der Waals surface area contributed by atoms with Gasteiger partial charge in [-0.3, -0.25) is 13.9 Å². The Hall–Kier alpha value is -4.05. The summed E-state index contributed by atoms with van der Waals surface area (Å²) in [6, 6.07) is 19.6. The summed E-state index contributed by atoms with van der Waals surface area (Å²) in [7, 11) is -1.33. The summed E-state index contributed by atoms with van der Waals surface area (Å²) < 4.78 is 40.2. The number of sulfonamides is 1. The number of benzene rings is 3. The molecule has 2 amide bonds. The van der Waals surface area contributed by atoms with Crippen LogP contribution in [0.15, 0.2) is 77.7 Å². The van der Waals surface area contributed by atoms with Crippen molar-refractivity contribution in [2.45, 2.75) is 69.5 Å². The van der Waals surface area contributed by atoms with Crippen LogP contribution < -0.4 is 19.1 Å². The van der Waals surface area contributed by atoms with Crippen LogP contribution >= 0.6 is 0 Å². The van der Waals surface area contributed by atoms with E-state index in [1.807, 2.05) is 31.2 Å². The molecule has 0 aliphatic heterocycles. The second-order valence-corrected chi connectivity index (χ2v) is 12.7.